The first-order valence-corrected chi connectivity index (χ1v) is 12.8. The molecule has 1 atom stereocenters. The van der Waals surface area contributed by atoms with E-state index in [1.807, 2.05) is 4.90 Å². The molecule has 208 valence electrons. The molecule has 0 spiro atoms. The molecule has 2 heterocycles. The number of ether oxygens (including phenoxy) is 1. The van der Waals surface area contributed by atoms with Crippen LogP contribution < -0.4 is 4.74 Å². The van der Waals surface area contributed by atoms with Gasteiger partial charge in [0.1, 0.15) is 17.4 Å². The van der Waals surface area contributed by atoms with E-state index in [9.17, 15) is 31.9 Å². The molecule has 2 aliphatic rings. The lowest BCUT2D eigenvalue weighted by atomic mass is 9.89. The summed E-state index contributed by atoms with van der Waals surface area (Å²) in [6.07, 6.45) is -3.04. The summed E-state index contributed by atoms with van der Waals surface area (Å²) < 4.78 is 74.9. The molecule has 2 fully saturated rings. The number of amides is 1. The van der Waals surface area contributed by atoms with Crippen LogP contribution >= 0.6 is 0 Å². The van der Waals surface area contributed by atoms with Crippen LogP contribution in [-0.2, 0) is 0 Å². The summed E-state index contributed by atoms with van der Waals surface area (Å²) in [5.74, 6) is -1.42. The highest BCUT2D eigenvalue weighted by atomic mass is 19.4. The Kier molecular flexibility index (Phi) is 8.32. The minimum absolute atomic E-state index is 0.0478. The summed E-state index contributed by atoms with van der Waals surface area (Å²) in [5, 5.41) is 9.62. The standard InChI is InChI=1S/C28H33F5N2O3/c1-27(2,28(31,32)33)17-34-10-7-18(8-11-34)16-38-21-4-6-22(25(30)14-21)19-3-5-23(24(29)13-19)26(37)35-12-9-20(36)15-35/h3-6,13-14,18,20,36H,7-12,15-17H2,1-2H3/t20-/m1/s1. The molecule has 2 aromatic carbocycles. The number of β-amino-alcohol motifs (C(OH)–C–C–N with tert-alkyl or cyclic N) is 1. The number of likely N-dealkylation sites (tertiary alicyclic amines) is 2. The lowest BCUT2D eigenvalue weighted by Gasteiger charge is -2.38. The van der Waals surface area contributed by atoms with E-state index in [0.29, 0.717) is 51.3 Å². The van der Waals surface area contributed by atoms with Gasteiger partial charge in [-0.15, -0.1) is 0 Å². The third-order valence-corrected chi connectivity index (χ3v) is 7.48. The van der Waals surface area contributed by atoms with Crippen LogP contribution in [0.2, 0.25) is 0 Å². The summed E-state index contributed by atoms with van der Waals surface area (Å²) >= 11 is 0. The molecule has 10 heteroatoms. The first kappa shape index (κ1) is 28.3. The molecule has 0 unspecified atom stereocenters. The molecule has 1 amide bonds. The summed E-state index contributed by atoms with van der Waals surface area (Å²) in [5.41, 5.74) is -1.46. The van der Waals surface area contributed by atoms with Gasteiger partial charge in [-0.05, 0) is 81.9 Å². The fourth-order valence-corrected chi connectivity index (χ4v) is 4.95. The number of carbonyl (C=O) groups excluding carboxylic acids is 1. The molecule has 5 nitrogen and oxygen atoms in total. The number of carbonyl (C=O) groups is 1. The van der Waals surface area contributed by atoms with Crippen molar-refractivity contribution >= 4 is 5.91 Å². The van der Waals surface area contributed by atoms with E-state index >= 15 is 0 Å². The Morgan fingerprint density at radius 3 is 2.29 bits per heavy atom. The third-order valence-electron chi connectivity index (χ3n) is 7.48. The molecule has 4 rings (SSSR count). The van der Waals surface area contributed by atoms with Gasteiger partial charge in [-0.3, -0.25) is 4.79 Å². The summed E-state index contributed by atoms with van der Waals surface area (Å²) in [4.78, 5) is 15.7. The maximum atomic E-state index is 14.9. The van der Waals surface area contributed by atoms with Crippen LogP contribution in [0.3, 0.4) is 0 Å². The van der Waals surface area contributed by atoms with Crippen molar-refractivity contribution in [1.82, 2.24) is 9.80 Å². The topological polar surface area (TPSA) is 53.0 Å². The Morgan fingerprint density at radius 2 is 1.71 bits per heavy atom. The largest absolute Gasteiger partial charge is 0.493 e. The molecule has 0 aliphatic carbocycles. The van der Waals surface area contributed by atoms with Crippen molar-refractivity contribution in [2.75, 3.05) is 39.3 Å². The normalized spacial score (nSPS) is 19.7. The van der Waals surface area contributed by atoms with E-state index < -0.39 is 35.2 Å². The van der Waals surface area contributed by atoms with Crippen molar-refractivity contribution < 1.29 is 36.6 Å². The molecule has 0 bridgehead atoms. The van der Waals surface area contributed by atoms with E-state index in [1.54, 1.807) is 6.07 Å². The highest BCUT2D eigenvalue weighted by Crippen LogP contribution is 2.39. The second-order valence-corrected chi connectivity index (χ2v) is 10.9. The lowest BCUT2D eigenvalue weighted by molar-refractivity contribution is -0.217. The molecular weight excluding hydrogens is 507 g/mol. The number of aliphatic hydroxyl groups excluding tert-OH is 1. The molecule has 2 aromatic rings. The average Bonchev–Trinajstić information content (AvgIpc) is 3.28. The van der Waals surface area contributed by atoms with Gasteiger partial charge in [0.15, 0.2) is 0 Å². The van der Waals surface area contributed by atoms with Gasteiger partial charge in [0.2, 0.25) is 0 Å². The number of rotatable bonds is 7. The van der Waals surface area contributed by atoms with Gasteiger partial charge in [0, 0.05) is 31.3 Å². The Hall–Kier alpha value is -2.72. The molecular formula is C28H33F5N2O3. The molecule has 1 N–H and O–H groups in total. The predicted molar refractivity (Wildman–Crippen MR) is 133 cm³/mol. The SMILES string of the molecule is CC(C)(CN1CCC(COc2ccc(-c3ccc(C(=O)N4CC[C@@H](O)C4)c(F)c3)c(F)c2)CC1)C(F)(F)F. The third kappa shape index (κ3) is 6.46. The monoisotopic (exact) mass is 540 g/mol. The molecule has 2 aliphatic heterocycles. The van der Waals surface area contributed by atoms with Crippen LogP contribution in [0.4, 0.5) is 22.0 Å². The van der Waals surface area contributed by atoms with E-state index in [1.165, 1.54) is 43.0 Å². The predicted octanol–water partition coefficient (Wildman–Crippen LogP) is 5.52. The lowest BCUT2D eigenvalue weighted by Crippen LogP contribution is -2.46. The van der Waals surface area contributed by atoms with Gasteiger partial charge >= 0.3 is 6.18 Å². The van der Waals surface area contributed by atoms with Crippen LogP contribution in [0.25, 0.3) is 11.1 Å². The van der Waals surface area contributed by atoms with Crippen LogP contribution in [-0.4, -0.2) is 72.4 Å². The molecule has 0 aromatic heterocycles. The zero-order valence-electron chi connectivity index (χ0n) is 21.5. The first-order valence-electron chi connectivity index (χ1n) is 12.8. The fraction of sp³-hybridized carbons (Fsp3) is 0.536. The number of nitrogens with zero attached hydrogens (tertiary/aromatic N) is 2. The number of benzene rings is 2. The summed E-state index contributed by atoms with van der Waals surface area (Å²) in [6, 6.07) is 8.21. The Balaban J connectivity index is 1.31. The van der Waals surface area contributed by atoms with Crippen molar-refractivity contribution in [3.8, 4) is 16.9 Å². The Morgan fingerprint density at radius 1 is 1.00 bits per heavy atom. The smallest absolute Gasteiger partial charge is 0.395 e. The van der Waals surface area contributed by atoms with Gasteiger partial charge in [0.25, 0.3) is 5.91 Å². The van der Waals surface area contributed by atoms with Gasteiger partial charge in [0.05, 0.1) is 23.7 Å². The first-order chi connectivity index (χ1) is 17.8. The fourth-order valence-electron chi connectivity index (χ4n) is 4.95. The van der Waals surface area contributed by atoms with Crippen molar-refractivity contribution in [1.29, 1.82) is 0 Å². The number of hydrogen-bond donors (Lipinski definition) is 1. The van der Waals surface area contributed by atoms with Crippen molar-refractivity contribution in [2.45, 2.75) is 45.4 Å². The highest BCUT2D eigenvalue weighted by molar-refractivity contribution is 5.95. The minimum atomic E-state index is -4.26. The number of aliphatic hydroxyl groups is 1. The van der Waals surface area contributed by atoms with Crippen LogP contribution in [0, 0.1) is 23.0 Å². The van der Waals surface area contributed by atoms with E-state index in [2.05, 4.69) is 0 Å². The maximum Gasteiger partial charge on any atom is 0.395 e. The van der Waals surface area contributed by atoms with Crippen molar-refractivity contribution in [3.63, 3.8) is 0 Å². The number of hydrogen-bond acceptors (Lipinski definition) is 4. The second-order valence-electron chi connectivity index (χ2n) is 10.9. The van der Waals surface area contributed by atoms with E-state index in [0.717, 1.165) is 6.07 Å². The Labute approximate surface area is 219 Å². The number of halogens is 5. The average molecular weight is 541 g/mol. The Bertz CT molecular complexity index is 1150. The zero-order chi connectivity index (χ0) is 27.7. The van der Waals surface area contributed by atoms with Crippen LogP contribution in [0.15, 0.2) is 36.4 Å². The minimum Gasteiger partial charge on any atom is -0.493 e. The van der Waals surface area contributed by atoms with Crippen LogP contribution in [0.1, 0.15) is 43.5 Å². The van der Waals surface area contributed by atoms with Crippen molar-refractivity contribution in [3.05, 3.63) is 53.6 Å². The number of piperidine rings is 1. The molecule has 0 saturated carbocycles. The molecule has 38 heavy (non-hydrogen) atoms. The second kappa shape index (κ2) is 11.2. The van der Waals surface area contributed by atoms with E-state index in [-0.39, 0.29) is 35.7 Å². The summed E-state index contributed by atoms with van der Waals surface area (Å²) in [7, 11) is 0. The highest BCUT2D eigenvalue weighted by Gasteiger charge is 2.48. The summed E-state index contributed by atoms with van der Waals surface area (Å²) in [6.45, 7) is 4.30. The van der Waals surface area contributed by atoms with Gasteiger partial charge in [-0.25, -0.2) is 8.78 Å². The quantitative estimate of drug-likeness (QED) is 0.470. The number of alkyl halides is 3. The van der Waals surface area contributed by atoms with Gasteiger partial charge < -0.3 is 19.6 Å². The molecule has 2 saturated heterocycles. The van der Waals surface area contributed by atoms with Crippen LogP contribution in [0.5, 0.6) is 5.75 Å². The molecule has 0 radical (unpaired) electrons. The van der Waals surface area contributed by atoms with E-state index in [4.69, 9.17) is 4.74 Å². The van der Waals surface area contributed by atoms with Gasteiger partial charge in [-0.2, -0.15) is 13.2 Å². The maximum absolute atomic E-state index is 14.9. The van der Waals surface area contributed by atoms with Gasteiger partial charge in [-0.1, -0.05) is 6.07 Å². The zero-order valence-corrected chi connectivity index (χ0v) is 21.5. The van der Waals surface area contributed by atoms with Crippen molar-refractivity contribution in [2.24, 2.45) is 11.3 Å².